The average Bonchev–Trinajstić information content (AvgIpc) is 2.29. The second-order valence-electron chi connectivity index (χ2n) is 27.2. The van der Waals surface area contributed by atoms with Gasteiger partial charge >= 0.3 is 61.0 Å². The van der Waals surface area contributed by atoms with Crippen molar-refractivity contribution in [2.75, 3.05) is 27.9 Å². The second-order valence-corrected chi connectivity index (χ2v) is 27.2. The molecule has 92 heavy (non-hydrogen) atoms. The monoisotopic (exact) mass is 1300 g/mol. The number of hydrogen-bond donors (Lipinski definition) is 5. The minimum absolute atomic E-state index is 0. The first-order chi connectivity index (χ1) is 40.1. The Hall–Kier alpha value is -6.20. The third kappa shape index (κ3) is 62.6. The molecule has 0 fully saturated rings. The minimum Gasteiger partial charge on any atom is -0.870 e. The quantitative estimate of drug-likeness (QED) is 0.0130. The van der Waals surface area contributed by atoms with Gasteiger partial charge < -0.3 is 59.5 Å². The largest absolute Gasteiger partial charge is 1.00 e. The number of aldehydes is 1. The SMILES string of the molecule is C.C.C=CC(C)(C)C/C=C(\NC(=O)OCc1ccccc1)C(=O)OC.C=CC(C)(C)CC(=O)OC.C=CC(C)(C)CC=O.C=CC(C)(C)CCO.CCC(C)(C)CCC(NC(=O)OC(C)(C)C)C(=O)O.CCC(C)(C)CCC(NC(=O)OC(C)(C)C)C(=O)OC.[Li+].[OH-]. The summed E-state index contributed by atoms with van der Waals surface area (Å²) in [4.78, 5) is 90.4. The van der Waals surface area contributed by atoms with Gasteiger partial charge in [-0.25, -0.2) is 28.8 Å². The van der Waals surface area contributed by atoms with E-state index < -0.39 is 59.5 Å². The summed E-state index contributed by atoms with van der Waals surface area (Å²) >= 11 is 0. The summed E-state index contributed by atoms with van der Waals surface area (Å²) in [6.07, 6.45) is 14.5. The van der Waals surface area contributed by atoms with E-state index in [1.807, 2.05) is 78.0 Å². The minimum atomic E-state index is -1.03. The summed E-state index contributed by atoms with van der Waals surface area (Å²) in [6, 6.07) is 7.71. The van der Waals surface area contributed by atoms with E-state index >= 15 is 0 Å². The molecule has 20 nitrogen and oxygen atoms in total. The molecule has 0 aromatic heterocycles. The van der Waals surface area contributed by atoms with Gasteiger partial charge in [0.1, 0.15) is 41.9 Å². The van der Waals surface area contributed by atoms with Gasteiger partial charge in [-0.1, -0.05) is 185 Å². The molecule has 0 aliphatic carbocycles. The van der Waals surface area contributed by atoms with E-state index in [0.29, 0.717) is 32.1 Å². The molecule has 530 valence electrons. The maximum atomic E-state index is 11.8. The first-order valence-electron chi connectivity index (χ1n) is 29.8. The maximum Gasteiger partial charge on any atom is 1.00 e. The van der Waals surface area contributed by atoms with E-state index in [0.717, 1.165) is 44.0 Å². The summed E-state index contributed by atoms with van der Waals surface area (Å²) in [5.41, 5.74) is -0.355. The average molecular weight is 1300 g/mol. The number of benzene rings is 1. The fourth-order valence-corrected chi connectivity index (χ4v) is 5.79. The van der Waals surface area contributed by atoms with E-state index in [1.54, 1.807) is 65.8 Å². The number of esters is 3. The fraction of sp³-hybridized carbons (Fsp3) is 0.662. The van der Waals surface area contributed by atoms with Gasteiger partial charge in [-0.15, -0.1) is 26.3 Å². The normalized spacial score (nSPS) is 11.8. The molecule has 6 N–H and O–H groups in total. The Morgan fingerprint density at radius 1 is 0.565 bits per heavy atom. The molecule has 1 aromatic carbocycles. The fourth-order valence-electron chi connectivity index (χ4n) is 5.79. The summed E-state index contributed by atoms with van der Waals surface area (Å²) < 4.78 is 29.2. The number of hydrogen-bond acceptors (Lipinski definition) is 16. The summed E-state index contributed by atoms with van der Waals surface area (Å²) in [6.45, 7) is 54.0. The number of amides is 3. The summed E-state index contributed by atoms with van der Waals surface area (Å²) in [7, 11) is 3.96. The first-order valence-corrected chi connectivity index (χ1v) is 29.8. The topological polar surface area (TPSA) is 298 Å². The molecule has 3 amide bonds. The predicted molar refractivity (Wildman–Crippen MR) is 367 cm³/mol. The van der Waals surface area contributed by atoms with Crippen LogP contribution in [0.1, 0.15) is 223 Å². The van der Waals surface area contributed by atoms with Crippen molar-refractivity contribution in [3.05, 3.63) is 98.3 Å². The maximum absolute atomic E-state index is 11.8. The van der Waals surface area contributed by atoms with Crippen molar-refractivity contribution in [3.63, 3.8) is 0 Å². The number of alkyl carbamates (subject to hydrolysis) is 3. The summed E-state index contributed by atoms with van der Waals surface area (Å²) in [5, 5.41) is 25.0. The number of aliphatic hydroxyl groups excluding tert-OH is 1. The third-order valence-electron chi connectivity index (χ3n) is 13.4. The molecule has 0 aliphatic heterocycles. The Labute approximate surface area is 569 Å². The number of rotatable bonds is 28. The van der Waals surface area contributed by atoms with Crippen LogP contribution in [0.3, 0.4) is 0 Å². The third-order valence-corrected chi connectivity index (χ3v) is 13.4. The molecular weight excluding hydrogens is 1170 g/mol. The van der Waals surface area contributed by atoms with Gasteiger partial charge in [0.25, 0.3) is 0 Å². The van der Waals surface area contributed by atoms with Crippen LogP contribution in [0.25, 0.3) is 0 Å². The predicted octanol–water partition coefficient (Wildman–Crippen LogP) is 13.3. The molecule has 1 aromatic rings. The smallest absolute Gasteiger partial charge is 0.870 e. The van der Waals surface area contributed by atoms with E-state index in [-0.39, 0.29) is 96.6 Å². The number of aliphatic hydroxyl groups is 1. The van der Waals surface area contributed by atoms with E-state index in [1.165, 1.54) is 21.3 Å². The van der Waals surface area contributed by atoms with Crippen LogP contribution in [-0.4, -0.2) is 115 Å². The molecular formula is C71H128LiN3O17. The van der Waals surface area contributed by atoms with Crippen molar-refractivity contribution in [2.45, 2.75) is 247 Å². The number of ether oxygens (including phenoxy) is 6. The van der Waals surface area contributed by atoms with Gasteiger partial charge in [0.05, 0.1) is 27.8 Å². The molecule has 0 bridgehead atoms. The van der Waals surface area contributed by atoms with Gasteiger partial charge in [-0.05, 0) is 118 Å². The van der Waals surface area contributed by atoms with Crippen molar-refractivity contribution >= 4 is 48.4 Å². The first kappa shape index (κ1) is 105. The zero-order chi connectivity index (χ0) is 70.0. The van der Waals surface area contributed by atoms with Crippen LogP contribution >= 0.6 is 0 Å². The zero-order valence-electron chi connectivity index (χ0n) is 59.9. The van der Waals surface area contributed by atoms with Crippen LogP contribution in [0, 0.1) is 32.5 Å². The number of carbonyl (C=O) groups excluding carboxylic acids is 7. The van der Waals surface area contributed by atoms with Crippen LogP contribution in [0.15, 0.2) is 92.7 Å². The van der Waals surface area contributed by atoms with Crippen LogP contribution in [0.2, 0.25) is 0 Å². The van der Waals surface area contributed by atoms with Crippen LogP contribution in [0.4, 0.5) is 14.4 Å². The van der Waals surface area contributed by atoms with Crippen molar-refractivity contribution < 1.29 is 101 Å². The number of allylic oxidation sites excluding steroid dienone is 5. The number of carboxylic acid groups (broad SMARTS) is 1. The van der Waals surface area contributed by atoms with Gasteiger partial charge in [-0.3, -0.25) is 10.1 Å². The van der Waals surface area contributed by atoms with E-state index in [9.17, 15) is 38.4 Å². The van der Waals surface area contributed by atoms with Crippen LogP contribution in [-0.2, 0) is 59.0 Å². The van der Waals surface area contributed by atoms with Gasteiger partial charge in [0.2, 0.25) is 0 Å². The van der Waals surface area contributed by atoms with Crippen molar-refractivity contribution in [3.8, 4) is 0 Å². The van der Waals surface area contributed by atoms with E-state index in [4.69, 9.17) is 29.2 Å². The van der Waals surface area contributed by atoms with Crippen molar-refractivity contribution in [1.82, 2.24) is 16.0 Å². The molecule has 1 rings (SSSR count). The van der Waals surface area contributed by atoms with Crippen LogP contribution < -0.4 is 34.8 Å². The Morgan fingerprint density at radius 2 is 0.967 bits per heavy atom. The Kier molecular flexibility index (Phi) is 59.4. The van der Waals surface area contributed by atoms with Gasteiger partial charge in [-0.2, -0.15) is 0 Å². The molecule has 2 atom stereocenters. The zero-order valence-corrected chi connectivity index (χ0v) is 59.9. The Bertz CT molecular complexity index is 2290. The molecule has 0 heterocycles. The molecule has 0 aliphatic rings. The second kappa shape index (κ2) is 52.2. The Morgan fingerprint density at radius 3 is 1.28 bits per heavy atom. The number of nitrogens with one attached hydrogen (secondary N) is 3. The number of aliphatic carboxylic acids is 1. The molecule has 0 radical (unpaired) electrons. The standard InChI is InChI=1S/C18H23NO4.C15H29NO4.C14H27NO4.C8H14O2.C7H14O.C7H12O.2CH4.Li.H2O/c1-5-18(2,3)12-11-15(16(20)22-4)19-17(21)23-13-14-9-7-6-8-10-14;1-8-15(5,6)10-9-11(12(17)19-7)16-13(18)20-14(2,3)4;1-7-14(5,6)9-8-10(11(16)17)15-12(18)19-13(2,3)4;1-5-8(2,3)6-7(9)10-4;2*1-4-7(2,3)5-6-8;;;;/h5-11H,1,12-13H2,2-4H3,(H,19,21);11H,8-10H2,1-7H3,(H,16,18);10H,7-9H2,1-6H3,(H,15,18)(H,16,17);5H,1,6H2,2-4H3;4,8H,1,5-6H2,2-3H3;4,6H,1,5H2,2-3H3;2*1H4;;1H2/q;;;;;;;;+1;/p-1/b15-11-;;;;;;;;;. The molecule has 0 saturated heterocycles. The van der Waals surface area contributed by atoms with Crippen molar-refractivity contribution in [1.29, 1.82) is 0 Å². The Balaban J connectivity index is -0.000000133. The summed E-state index contributed by atoms with van der Waals surface area (Å²) in [5.74, 6) is -2.29. The molecule has 0 saturated carbocycles. The van der Waals surface area contributed by atoms with Gasteiger partial charge in [0, 0.05) is 13.0 Å². The molecule has 0 spiro atoms. The number of methoxy groups -OCH3 is 3. The molecule has 21 heteroatoms. The number of carboxylic acids is 1. The molecule has 2 unspecified atom stereocenters. The van der Waals surface area contributed by atoms with Crippen molar-refractivity contribution in [2.24, 2.45) is 32.5 Å². The van der Waals surface area contributed by atoms with Crippen LogP contribution in [0.5, 0.6) is 0 Å². The van der Waals surface area contributed by atoms with E-state index in [2.05, 4.69) is 107 Å². The van der Waals surface area contributed by atoms with Gasteiger partial charge in [0.15, 0.2) is 0 Å². The number of carbonyl (C=O) groups is 8.